The van der Waals surface area contributed by atoms with Crippen LogP contribution in [0, 0.1) is 0 Å². The summed E-state index contributed by atoms with van der Waals surface area (Å²) < 4.78 is 0. The zero-order chi connectivity index (χ0) is 14.3. The number of hydrogen-bond donors (Lipinski definition) is 1. The lowest BCUT2D eigenvalue weighted by Gasteiger charge is -2.25. The van der Waals surface area contributed by atoms with Crippen molar-refractivity contribution in [1.82, 2.24) is 15.2 Å². The third kappa shape index (κ3) is 2.61. The van der Waals surface area contributed by atoms with Crippen molar-refractivity contribution >= 4 is 17.2 Å². The van der Waals surface area contributed by atoms with Gasteiger partial charge in [0.1, 0.15) is 4.88 Å². The smallest absolute Gasteiger partial charge is 0.265 e. The van der Waals surface area contributed by atoms with Crippen LogP contribution in [0.2, 0.25) is 0 Å². The fourth-order valence-corrected chi connectivity index (χ4v) is 4.17. The number of hydrogen-bond acceptors (Lipinski definition) is 4. The highest BCUT2D eigenvalue weighted by atomic mass is 32.1. The monoisotopic (exact) mass is 293 g/mol. The molecule has 2 unspecified atom stereocenters. The first-order valence-corrected chi connectivity index (χ1v) is 8.32. The second-order valence-electron chi connectivity index (χ2n) is 6.96. The van der Waals surface area contributed by atoms with Gasteiger partial charge in [-0.05, 0) is 19.3 Å². The van der Waals surface area contributed by atoms with Crippen LogP contribution in [0.4, 0.5) is 0 Å². The van der Waals surface area contributed by atoms with Gasteiger partial charge < -0.3 is 10.2 Å². The number of aromatic nitrogens is 1. The van der Waals surface area contributed by atoms with Gasteiger partial charge in [-0.15, -0.1) is 11.3 Å². The third-order valence-corrected chi connectivity index (χ3v) is 5.10. The first-order valence-electron chi connectivity index (χ1n) is 7.44. The highest BCUT2D eigenvalue weighted by molar-refractivity contribution is 7.11. The molecule has 0 aliphatic carbocycles. The Kier molecular flexibility index (Phi) is 3.58. The standard InChI is InChI=1S/C15H23N3OS/c1-15(2,3)13-12(20-9-16-13)14(19)18-7-6-10-4-5-11(8-18)17-10/h9-11,17H,4-8H2,1-3H3. The van der Waals surface area contributed by atoms with E-state index in [1.165, 1.54) is 24.2 Å². The first kappa shape index (κ1) is 14.0. The molecule has 0 radical (unpaired) electrons. The molecule has 4 nitrogen and oxygen atoms in total. The molecule has 0 spiro atoms. The van der Waals surface area contributed by atoms with Gasteiger partial charge in [-0.25, -0.2) is 4.98 Å². The van der Waals surface area contributed by atoms with Crippen LogP contribution in [-0.4, -0.2) is 41.0 Å². The van der Waals surface area contributed by atoms with Crippen LogP contribution in [0.1, 0.15) is 55.4 Å². The van der Waals surface area contributed by atoms with Crippen molar-refractivity contribution in [2.24, 2.45) is 0 Å². The lowest BCUT2D eigenvalue weighted by molar-refractivity contribution is 0.0750. The SMILES string of the molecule is CC(C)(C)c1ncsc1C(=O)N1CCC2CCC(C1)N2. The molecule has 2 aliphatic rings. The molecule has 3 rings (SSSR count). The van der Waals surface area contributed by atoms with E-state index in [1.54, 1.807) is 5.51 Å². The maximum atomic E-state index is 12.8. The van der Waals surface area contributed by atoms with E-state index in [4.69, 9.17) is 0 Å². The van der Waals surface area contributed by atoms with Crippen LogP contribution in [0.5, 0.6) is 0 Å². The van der Waals surface area contributed by atoms with Gasteiger partial charge in [0.2, 0.25) is 0 Å². The average molecular weight is 293 g/mol. The molecule has 1 N–H and O–H groups in total. The lowest BCUT2D eigenvalue weighted by atomic mass is 9.91. The van der Waals surface area contributed by atoms with Gasteiger partial charge in [0.15, 0.2) is 0 Å². The van der Waals surface area contributed by atoms with Crippen LogP contribution in [0.25, 0.3) is 0 Å². The molecule has 1 aromatic rings. The number of amides is 1. The van der Waals surface area contributed by atoms with E-state index in [2.05, 4.69) is 31.1 Å². The van der Waals surface area contributed by atoms with Gasteiger partial charge in [-0.1, -0.05) is 20.8 Å². The quantitative estimate of drug-likeness (QED) is 0.865. The van der Waals surface area contributed by atoms with Gasteiger partial charge in [0, 0.05) is 30.6 Å². The summed E-state index contributed by atoms with van der Waals surface area (Å²) in [6.45, 7) is 8.06. The predicted octanol–water partition coefficient (Wildman–Crippen LogP) is 2.41. The Morgan fingerprint density at radius 2 is 2.10 bits per heavy atom. The minimum atomic E-state index is -0.0753. The van der Waals surface area contributed by atoms with Crippen LogP contribution >= 0.6 is 11.3 Å². The number of carbonyl (C=O) groups excluding carboxylic acids is 1. The highest BCUT2D eigenvalue weighted by Crippen LogP contribution is 2.29. The Morgan fingerprint density at radius 3 is 2.85 bits per heavy atom. The van der Waals surface area contributed by atoms with E-state index in [9.17, 15) is 4.79 Å². The largest absolute Gasteiger partial charge is 0.336 e. The summed E-state index contributed by atoms with van der Waals surface area (Å²) in [6.07, 6.45) is 3.54. The van der Waals surface area contributed by atoms with E-state index >= 15 is 0 Å². The molecule has 2 saturated heterocycles. The molecule has 5 heteroatoms. The molecule has 1 amide bonds. The number of rotatable bonds is 1. The minimum absolute atomic E-state index is 0.0753. The Labute approximate surface area is 124 Å². The van der Waals surface area contributed by atoms with Gasteiger partial charge in [-0.2, -0.15) is 0 Å². The van der Waals surface area contributed by atoms with Crippen molar-refractivity contribution in [3.05, 3.63) is 16.1 Å². The first-order chi connectivity index (χ1) is 9.45. The molecule has 2 bridgehead atoms. The zero-order valence-corrected chi connectivity index (χ0v) is 13.3. The number of carbonyl (C=O) groups is 1. The average Bonchev–Trinajstić information content (AvgIpc) is 2.94. The van der Waals surface area contributed by atoms with Gasteiger partial charge in [0.25, 0.3) is 5.91 Å². The topological polar surface area (TPSA) is 45.2 Å². The van der Waals surface area contributed by atoms with Crippen molar-refractivity contribution in [1.29, 1.82) is 0 Å². The molecule has 2 fully saturated rings. The lowest BCUT2D eigenvalue weighted by Crippen LogP contribution is -2.39. The van der Waals surface area contributed by atoms with Crippen LogP contribution < -0.4 is 5.32 Å². The van der Waals surface area contributed by atoms with Crippen molar-refractivity contribution in [2.45, 2.75) is 57.5 Å². The van der Waals surface area contributed by atoms with E-state index in [0.717, 1.165) is 30.1 Å². The number of nitrogens with one attached hydrogen (secondary N) is 1. The fraction of sp³-hybridized carbons (Fsp3) is 0.733. The summed E-state index contributed by atoms with van der Waals surface area (Å²) in [4.78, 5) is 20.1. The van der Waals surface area contributed by atoms with E-state index in [1.807, 2.05) is 4.90 Å². The second-order valence-corrected chi connectivity index (χ2v) is 7.81. The number of thiazole rings is 1. The molecular weight excluding hydrogens is 270 g/mol. The molecule has 3 heterocycles. The molecule has 2 atom stereocenters. The minimum Gasteiger partial charge on any atom is -0.336 e. The normalized spacial score (nSPS) is 26.6. The van der Waals surface area contributed by atoms with Crippen molar-refractivity contribution in [3.63, 3.8) is 0 Å². The molecule has 0 saturated carbocycles. The summed E-state index contributed by atoms with van der Waals surface area (Å²) in [5, 5.41) is 3.62. The van der Waals surface area contributed by atoms with Crippen LogP contribution in [0.15, 0.2) is 5.51 Å². The number of likely N-dealkylation sites (tertiary alicyclic amines) is 1. The number of fused-ring (bicyclic) bond motifs is 2. The number of nitrogens with zero attached hydrogens (tertiary/aromatic N) is 2. The summed E-state index contributed by atoms with van der Waals surface area (Å²) in [5.74, 6) is 0.173. The summed E-state index contributed by atoms with van der Waals surface area (Å²) in [5.41, 5.74) is 2.67. The van der Waals surface area contributed by atoms with E-state index in [-0.39, 0.29) is 11.3 Å². The summed E-state index contributed by atoms with van der Waals surface area (Å²) in [6, 6.07) is 1.10. The maximum Gasteiger partial charge on any atom is 0.265 e. The van der Waals surface area contributed by atoms with E-state index < -0.39 is 0 Å². The second kappa shape index (κ2) is 5.11. The molecule has 2 aliphatic heterocycles. The third-order valence-electron chi connectivity index (χ3n) is 4.28. The zero-order valence-electron chi connectivity index (χ0n) is 12.5. The Morgan fingerprint density at radius 1 is 1.35 bits per heavy atom. The molecule has 20 heavy (non-hydrogen) atoms. The van der Waals surface area contributed by atoms with E-state index in [0.29, 0.717) is 12.1 Å². The van der Waals surface area contributed by atoms with Crippen molar-refractivity contribution in [2.75, 3.05) is 13.1 Å². The summed E-state index contributed by atoms with van der Waals surface area (Å²) >= 11 is 1.48. The maximum absolute atomic E-state index is 12.8. The molecule has 0 aromatic carbocycles. The van der Waals surface area contributed by atoms with Crippen molar-refractivity contribution in [3.8, 4) is 0 Å². The van der Waals surface area contributed by atoms with Gasteiger partial charge in [-0.3, -0.25) is 4.79 Å². The predicted molar refractivity (Wildman–Crippen MR) is 81.3 cm³/mol. The fourth-order valence-electron chi connectivity index (χ4n) is 3.20. The van der Waals surface area contributed by atoms with Crippen LogP contribution in [0.3, 0.4) is 0 Å². The Hall–Kier alpha value is -0.940. The molecule has 1 aromatic heterocycles. The van der Waals surface area contributed by atoms with Gasteiger partial charge >= 0.3 is 0 Å². The summed E-state index contributed by atoms with van der Waals surface area (Å²) in [7, 11) is 0. The molecule has 110 valence electrons. The highest BCUT2D eigenvalue weighted by Gasteiger charge is 2.34. The van der Waals surface area contributed by atoms with Crippen molar-refractivity contribution < 1.29 is 4.79 Å². The molecular formula is C15H23N3OS. The Bertz CT molecular complexity index is 505. The van der Waals surface area contributed by atoms with Crippen LogP contribution in [-0.2, 0) is 5.41 Å². The van der Waals surface area contributed by atoms with Gasteiger partial charge in [0.05, 0.1) is 11.2 Å². The Balaban J connectivity index is 1.81.